The molecule has 1 unspecified atom stereocenters. The van der Waals surface area contributed by atoms with Gasteiger partial charge in [-0.25, -0.2) is 0 Å². The van der Waals surface area contributed by atoms with Crippen molar-refractivity contribution >= 4 is 8.32 Å². The molecular formula is C26H59N3OSi. The topological polar surface area (TPSA) is 19.0 Å². The van der Waals surface area contributed by atoms with Crippen molar-refractivity contribution in [2.45, 2.75) is 98.2 Å². The highest BCUT2D eigenvalue weighted by molar-refractivity contribution is 6.72. The molecule has 0 aromatic rings. The van der Waals surface area contributed by atoms with Crippen LogP contribution >= 0.6 is 0 Å². The molecule has 0 aromatic heterocycles. The Labute approximate surface area is 198 Å². The number of hydrogen-bond donors (Lipinski definition) is 0. The van der Waals surface area contributed by atoms with Gasteiger partial charge in [0.05, 0.1) is 0 Å². The zero-order valence-electron chi connectivity index (χ0n) is 23.1. The summed E-state index contributed by atoms with van der Waals surface area (Å²) >= 11 is 0. The second-order valence-electron chi connectivity index (χ2n) is 10.4. The first-order valence-electron chi connectivity index (χ1n) is 13.4. The molecule has 0 heterocycles. The van der Waals surface area contributed by atoms with Crippen molar-refractivity contribution in [2.24, 2.45) is 5.41 Å². The molecule has 188 valence electrons. The minimum Gasteiger partial charge on any atom is -0.417 e. The van der Waals surface area contributed by atoms with E-state index >= 15 is 0 Å². The van der Waals surface area contributed by atoms with Gasteiger partial charge in [-0.1, -0.05) is 27.7 Å². The van der Waals surface area contributed by atoms with E-state index in [4.69, 9.17) is 4.43 Å². The van der Waals surface area contributed by atoms with E-state index in [0.29, 0.717) is 5.41 Å². The van der Waals surface area contributed by atoms with Crippen molar-refractivity contribution in [3.8, 4) is 0 Å². The molecule has 5 heteroatoms. The molecule has 1 atom stereocenters. The summed E-state index contributed by atoms with van der Waals surface area (Å²) in [4.78, 5) is 7.66. The number of nitrogens with zero attached hydrogens (tertiary/aromatic N) is 3. The second-order valence-corrected chi connectivity index (χ2v) is 14.8. The Morgan fingerprint density at radius 1 is 0.613 bits per heavy atom. The van der Waals surface area contributed by atoms with E-state index in [9.17, 15) is 0 Å². The van der Waals surface area contributed by atoms with Crippen LogP contribution in [0.1, 0.15) is 79.6 Å². The summed E-state index contributed by atoms with van der Waals surface area (Å²) in [6.07, 6.45) is 9.04. The summed E-state index contributed by atoms with van der Waals surface area (Å²) in [7, 11) is 5.35. The van der Waals surface area contributed by atoms with Crippen LogP contribution in [0.5, 0.6) is 0 Å². The fraction of sp³-hybridized carbons (Fsp3) is 1.00. The van der Waals surface area contributed by atoms with E-state index < -0.39 is 8.32 Å². The van der Waals surface area contributed by atoms with E-state index in [2.05, 4.69) is 77.0 Å². The maximum Gasteiger partial charge on any atom is 0.189 e. The standard InChI is InChI=1S/C26H59N3OSi/c1-10-19-27(6)22-15-26(16-23-28(7)20-11-2,17-24-29(8)21-12-3)18-25-31(9,14-5)30-13-4/h10-25H2,1-9H3. The first kappa shape index (κ1) is 31.1. The fourth-order valence-electron chi connectivity index (χ4n) is 4.74. The summed E-state index contributed by atoms with van der Waals surface area (Å²) in [5.74, 6) is 0. The van der Waals surface area contributed by atoms with Gasteiger partial charge in [-0.15, -0.1) is 0 Å². The average molecular weight is 458 g/mol. The molecule has 0 aliphatic heterocycles. The Morgan fingerprint density at radius 3 is 1.29 bits per heavy atom. The van der Waals surface area contributed by atoms with Gasteiger partial charge in [-0.2, -0.15) is 0 Å². The molecule has 0 N–H and O–H groups in total. The van der Waals surface area contributed by atoms with Crippen molar-refractivity contribution in [2.75, 3.05) is 67.0 Å². The summed E-state index contributed by atoms with van der Waals surface area (Å²) in [6.45, 7) is 22.1. The molecule has 0 saturated carbocycles. The highest BCUT2D eigenvalue weighted by Gasteiger charge is 2.35. The first-order chi connectivity index (χ1) is 14.7. The van der Waals surface area contributed by atoms with Gasteiger partial charge in [0.2, 0.25) is 0 Å². The van der Waals surface area contributed by atoms with Crippen LogP contribution in [0.3, 0.4) is 0 Å². The molecular weight excluding hydrogens is 398 g/mol. The normalized spacial score (nSPS) is 14.7. The molecule has 0 aliphatic carbocycles. The number of hydrogen-bond acceptors (Lipinski definition) is 4. The smallest absolute Gasteiger partial charge is 0.189 e. The van der Waals surface area contributed by atoms with Crippen molar-refractivity contribution in [3.63, 3.8) is 0 Å². The Morgan fingerprint density at radius 2 is 1.00 bits per heavy atom. The molecule has 0 radical (unpaired) electrons. The minimum atomic E-state index is -1.59. The maximum absolute atomic E-state index is 6.37. The van der Waals surface area contributed by atoms with E-state index in [1.165, 1.54) is 96.3 Å². The van der Waals surface area contributed by atoms with Gasteiger partial charge < -0.3 is 19.1 Å². The van der Waals surface area contributed by atoms with E-state index in [-0.39, 0.29) is 0 Å². The third-order valence-corrected chi connectivity index (χ3v) is 11.1. The van der Waals surface area contributed by atoms with Gasteiger partial charge in [0.15, 0.2) is 8.32 Å². The molecule has 0 bridgehead atoms. The molecule has 0 aliphatic rings. The van der Waals surface area contributed by atoms with Crippen LogP contribution in [-0.4, -0.2) is 90.0 Å². The van der Waals surface area contributed by atoms with Crippen molar-refractivity contribution in [1.82, 2.24) is 14.7 Å². The molecule has 0 amide bonds. The van der Waals surface area contributed by atoms with Crippen LogP contribution in [0, 0.1) is 5.41 Å². The molecule has 0 aromatic carbocycles. The summed E-state index contributed by atoms with van der Waals surface area (Å²) in [5, 5.41) is 0. The SMILES string of the molecule is CCCN(C)CCC(CCN(C)CCC)(CCN(C)CCC)CC[Si](C)(CC)OCC. The van der Waals surface area contributed by atoms with Crippen LogP contribution in [0.2, 0.25) is 18.6 Å². The maximum atomic E-state index is 6.37. The van der Waals surface area contributed by atoms with Crippen LogP contribution in [0.4, 0.5) is 0 Å². The molecule has 4 nitrogen and oxygen atoms in total. The Hall–Kier alpha value is 0.0569. The van der Waals surface area contributed by atoms with Gasteiger partial charge in [0.25, 0.3) is 0 Å². The lowest BCUT2D eigenvalue weighted by molar-refractivity contribution is 0.131. The van der Waals surface area contributed by atoms with E-state index in [0.717, 1.165) is 6.61 Å². The average Bonchev–Trinajstić information content (AvgIpc) is 2.73. The third kappa shape index (κ3) is 14.0. The molecule has 0 rings (SSSR count). The van der Waals surface area contributed by atoms with Crippen molar-refractivity contribution in [3.05, 3.63) is 0 Å². The quantitative estimate of drug-likeness (QED) is 0.191. The van der Waals surface area contributed by atoms with E-state index in [1.54, 1.807) is 0 Å². The van der Waals surface area contributed by atoms with Gasteiger partial charge in [-0.3, -0.25) is 0 Å². The fourth-order valence-corrected chi connectivity index (χ4v) is 7.20. The third-order valence-electron chi connectivity index (χ3n) is 7.31. The summed E-state index contributed by atoms with van der Waals surface area (Å²) in [5.41, 5.74) is 0.423. The molecule has 0 spiro atoms. The zero-order valence-corrected chi connectivity index (χ0v) is 24.1. The lowest BCUT2D eigenvalue weighted by Gasteiger charge is -2.40. The van der Waals surface area contributed by atoms with Gasteiger partial charge >= 0.3 is 0 Å². The lowest BCUT2D eigenvalue weighted by atomic mass is 9.75. The minimum absolute atomic E-state index is 0.423. The Balaban J connectivity index is 5.53. The lowest BCUT2D eigenvalue weighted by Crippen LogP contribution is -2.39. The van der Waals surface area contributed by atoms with Crippen molar-refractivity contribution in [1.29, 1.82) is 0 Å². The highest BCUT2D eigenvalue weighted by Crippen LogP contribution is 2.40. The van der Waals surface area contributed by atoms with Crippen LogP contribution < -0.4 is 0 Å². The van der Waals surface area contributed by atoms with Gasteiger partial charge in [0, 0.05) is 6.61 Å². The summed E-state index contributed by atoms with van der Waals surface area (Å²) in [6, 6.07) is 2.54. The predicted octanol–water partition coefficient (Wildman–Crippen LogP) is 6.19. The Bertz CT molecular complexity index is 383. The predicted molar refractivity (Wildman–Crippen MR) is 143 cm³/mol. The molecule has 0 saturated heterocycles. The highest BCUT2D eigenvalue weighted by atomic mass is 28.4. The van der Waals surface area contributed by atoms with Crippen LogP contribution in [-0.2, 0) is 4.43 Å². The van der Waals surface area contributed by atoms with Crippen LogP contribution in [0.25, 0.3) is 0 Å². The Kier molecular flexibility index (Phi) is 17.6. The molecule has 0 fully saturated rings. The van der Waals surface area contributed by atoms with Crippen LogP contribution in [0.15, 0.2) is 0 Å². The zero-order chi connectivity index (χ0) is 23.8. The van der Waals surface area contributed by atoms with Gasteiger partial charge in [0.1, 0.15) is 0 Å². The monoisotopic (exact) mass is 457 g/mol. The first-order valence-corrected chi connectivity index (χ1v) is 16.2. The summed E-state index contributed by atoms with van der Waals surface area (Å²) < 4.78 is 6.37. The number of rotatable bonds is 21. The largest absolute Gasteiger partial charge is 0.417 e. The van der Waals surface area contributed by atoms with E-state index in [1.807, 2.05) is 0 Å². The molecule has 31 heavy (non-hydrogen) atoms. The van der Waals surface area contributed by atoms with Gasteiger partial charge in [-0.05, 0) is 136 Å². The van der Waals surface area contributed by atoms with Crippen molar-refractivity contribution < 1.29 is 4.43 Å². The second kappa shape index (κ2) is 17.5.